The van der Waals surface area contributed by atoms with Gasteiger partial charge in [0.25, 0.3) is 11.6 Å². The predicted octanol–water partition coefficient (Wildman–Crippen LogP) is 3.71. The number of carbonyl (C=O) groups is 1. The summed E-state index contributed by atoms with van der Waals surface area (Å²) < 4.78 is 5.42. The molecule has 0 bridgehead atoms. The molecular weight excluding hydrogens is 352 g/mol. The van der Waals surface area contributed by atoms with Crippen molar-refractivity contribution in [1.29, 1.82) is 0 Å². The number of aromatic nitrogens is 2. The Labute approximate surface area is 164 Å². The highest BCUT2D eigenvalue weighted by molar-refractivity contribution is 6.07. The summed E-state index contributed by atoms with van der Waals surface area (Å²) in [4.78, 5) is 20.0. The predicted molar refractivity (Wildman–Crippen MR) is 109 cm³/mol. The summed E-state index contributed by atoms with van der Waals surface area (Å²) in [5, 5.41) is 4.73. The van der Waals surface area contributed by atoms with E-state index in [0.29, 0.717) is 41.1 Å². The normalized spacial score (nSPS) is 19.2. The molecule has 1 aliphatic rings. The third kappa shape index (κ3) is 3.18. The number of hydrogen-bond donors (Lipinski definition) is 1. The zero-order valence-corrected chi connectivity index (χ0v) is 16.8. The SMILES string of the molecule is Cc1ccc(-c2cc(C(=O)N3CCC(N)C(C)(C)C3)c3c(C)noc3n2)cc1. The molecule has 2 aromatic heterocycles. The van der Waals surface area contributed by atoms with E-state index >= 15 is 0 Å². The monoisotopic (exact) mass is 378 g/mol. The van der Waals surface area contributed by atoms with E-state index in [1.165, 1.54) is 5.56 Å². The van der Waals surface area contributed by atoms with Gasteiger partial charge in [-0.1, -0.05) is 48.8 Å². The van der Waals surface area contributed by atoms with Crippen molar-refractivity contribution in [1.82, 2.24) is 15.0 Å². The van der Waals surface area contributed by atoms with Crippen LogP contribution >= 0.6 is 0 Å². The van der Waals surface area contributed by atoms with Crippen LogP contribution in [0.2, 0.25) is 0 Å². The summed E-state index contributed by atoms with van der Waals surface area (Å²) >= 11 is 0. The molecule has 0 radical (unpaired) electrons. The lowest BCUT2D eigenvalue weighted by atomic mass is 9.79. The van der Waals surface area contributed by atoms with E-state index in [2.05, 4.69) is 24.0 Å². The highest BCUT2D eigenvalue weighted by atomic mass is 16.5. The second-order valence-electron chi connectivity index (χ2n) is 8.48. The zero-order chi connectivity index (χ0) is 20.1. The largest absolute Gasteiger partial charge is 0.338 e. The van der Waals surface area contributed by atoms with Gasteiger partial charge in [0.2, 0.25) is 0 Å². The molecule has 1 aromatic carbocycles. The molecule has 1 aliphatic heterocycles. The summed E-state index contributed by atoms with van der Waals surface area (Å²) in [6, 6.07) is 10.0. The van der Waals surface area contributed by atoms with Crippen molar-refractivity contribution in [2.24, 2.45) is 11.1 Å². The number of aryl methyl sites for hydroxylation is 2. The van der Waals surface area contributed by atoms with Gasteiger partial charge in [0.15, 0.2) is 0 Å². The Morgan fingerprint density at radius 1 is 1.25 bits per heavy atom. The van der Waals surface area contributed by atoms with Gasteiger partial charge in [-0.3, -0.25) is 4.79 Å². The first-order valence-corrected chi connectivity index (χ1v) is 9.65. The molecule has 4 rings (SSSR count). The summed E-state index contributed by atoms with van der Waals surface area (Å²) in [5.74, 6) is -0.0213. The second-order valence-corrected chi connectivity index (χ2v) is 8.48. The maximum atomic E-state index is 13.5. The van der Waals surface area contributed by atoms with Crippen LogP contribution < -0.4 is 5.73 Å². The third-order valence-electron chi connectivity index (χ3n) is 5.79. The number of likely N-dealkylation sites (tertiary alicyclic amines) is 1. The maximum Gasteiger partial charge on any atom is 0.259 e. The fourth-order valence-electron chi connectivity index (χ4n) is 3.85. The van der Waals surface area contributed by atoms with Gasteiger partial charge in [-0.25, -0.2) is 4.98 Å². The van der Waals surface area contributed by atoms with Crippen LogP contribution in [0.5, 0.6) is 0 Å². The molecule has 3 heterocycles. The topological polar surface area (TPSA) is 85.2 Å². The minimum atomic E-state index is -0.121. The Hall–Kier alpha value is -2.73. The number of amides is 1. The van der Waals surface area contributed by atoms with Crippen LogP contribution in [-0.4, -0.2) is 40.1 Å². The number of nitrogens with zero attached hydrogens (tertiary/aromatic N) is 3. The number of benzene rings is 1. The van der Waals surface area contributed by atoms with Gasteiger partial charge in [-0.2, -0.15) is 0 Å². The molecule has 1 unspecified atom stereocenters. The van der Waals surface area contributed by atoms with Gasteiger partial charge < -0.3 is 15.2 Å². The Morgan fingerprint density at radius 2 is 1.96 bits per heavy atom. The van der Waals surface area contributed by atoms with Crippen LogP contribution in [0.25, 0.3) is 22.4 Å². The average Bonchev–Trinajstić information content (AvgIpc) is 3.04. The molecule has 6 nitrogen and oxygen atoms in total. The molecule has 1 amide bonds. The Kier molecular flexibility index (Phi) is 4.46. The molecule has 0 spiro atoms. The molecule has 28 heavy (non-hydrogen) atoms. The van der Waals surface area contributed by atoms with E-state index in [0.717, 1.165) is 12.0 Å². The minimum Gasteiger partial charge on any atom is -0.338 e. The molecule has 6 heteroatoms. The van der Waals surface area contributed by atoms with E-state index in [-0.39, 0.29) is 17.4 Å². The van der Waals surface area contributed by atoms with Crippen LogP contribution in [0.1, 0.15) is 41.9 Å². The van der Waals surface area contributed by atoms with E-state index in [9.17, 15) is 4.79 Å². The highest BCUT2D eigenvalue weighted by Gasteiger charge is 2.36. The molecule has 0 saturated carbocycles. The number of fused-ring (bicyclic) bond motifs is 1. The van der Waals surface area contributed by atoms with Crippen molar-refractivity contribution in [3.63, 3.8) is 0 Å². The summed E-state index contributed by atoms with van der Waals surface area (Å²) in [7, 11) is 0. The van der Waals surface area contributed by atoms with Gasteiger partial charge in [-0.15, -0.1) is 0 Å². The van der Waals surface area contributed by atoms with Crippen LogP contribution in [0, 0.1) is 19.3 Å². The highest BCUT2D eigenvalue weighted by Crippen LogP contribution is 2.32. The summed E-state index contributed by atoms with van der Waals surface area (Å²) in [5.41, 5.74) is 10.6. The van der Waals surface area contributed by atoms with Crippen molar-refractivity contribution in [3.8, 4) is 11.3 Å². The lowest BCUT2D eigenvalue weighted by molar-refractivity contribution is 0.0535. The van der Waals surface area contributed by atoms with Gasteiger partial charge >= 0.3 is 0 Å². The minimum absolute atomic E-state index is 0.0213. The van der Waals surface area contributed by atoms with Gasteiger partial charge in [0.1, 0.15) is 0 Å². The van der Waals surface area contributed by atoms with Crippen molar-refractivity contribution < 1.29 is 9.32 Å². The molecular formula is C22H26N4O2. The van der Waals surface area contributed by atoms with E-state index in [1.54, 1.807) is 0 Å². The second kappa shape index (κ2) is 6.71. The van der Waals surface area contributed by atoms with Gasteiger partial charge in [0.05, 0.1) is 22.3 Å². The first-order valence-electron chi connectivity index (χ1n) is 9.65. The Morgan fingerprint density at radius 3 is 2.64 bits per heavy atom. The number of carbonyl (C=O) groups excluding carboxylic acids is 1. The fourth-order valence-corrected chi connectivity index (χ4v) is 3.85. The van der Waals surface area contributed by atoms with Crippen LogP contribution in [0.4, 0.5) is 0 Å². The standard InChI is InChI=1S/C22H26N4O2/c1-13-5-7-15(8-6-13)17-11-16(19-14(2)25-28-20(19)24-17)21(27)26-10-9-18(23)22(3,4)12-26/h5-8,11,18H,9-10,12,23H2,1-4H3. The average molecular weight is 378 g/mol. The number of rotatable bonds is 2. The van der Waals surface area contributed by atoms with Crippen LogP contribution in [0.15, 0.2) is 34.9 Å². The first kappa shape index (κ1) is 18.6. The van der Waals surface area contributed by atoms with Crippen LogP contribution in [0.3, 0.4) is 0 Å². The van der Waals surface area contributed by atoms with E-state index in [4.69, 9.17) is 10.3 Å². The molecule has 146 valence electrons. The van der Waals surface area contributed by atoms with Crippen molar-refractivity contribution in [3.05, 3.63) is 47.2 Å². The maximum absolute atomic E-state index is 13.5. The smallest absolute Gasteiger partial charge is 0.259 e. The first-order chi connectivity index (χ1) is 13.3. The lowest BCUT2D eigenvalue weighted by Crippen LogP contribution is -2.54. The van der Waals surface area contributed by atoms with E-state index < -0.39 is 0 Å². The number of piperidine rings is 1. The number of hydrogen-bond acceptors (Lipinski definition) is 5. The van der Waals surface area contributed by atoms with Crippen LogP contribution in [-0.2, 0) is 0 Å². The van der Waals surface area contributed by atoms with E-state index in [1.807, 2.05) is 49.1 Å². The van der Waals surface area contributed by atoms with Crippen molar-refractivity contribution in [2.75, 3.05) is 13.1 Å². The Bertz CT molecular complexity index is 1040. The number of pyridine rings is 1. The van der Waals surface area contributed by atoms with Crippen molar-refractivity contribution in [2.45, 2.75) is 40.2 Å². The summed E-state index contributed by atoms with van der Waals surface area (Å²) in [6.45, 7) is 9.38. The Balaban J connectivity index is 1.80. The molecule has 1 saturated heterocycles. The summed E-state index contributed by atoms with van der Waals surface area (Å²) in [6.07, 6.45) is 0.792. The van der Waals surface area contributed by atoms with Gasteiger partial charge in [-0.05, 0) is 31.7 Å². The fraction of sp³-hybridized carbons (Fsp3) is 0.409. The van der Waals surface area contributed by atoms with Crippen molar-refractivity contribution >= 4 is 17.0 Å². The zero-order valence-electron chi connectivity index (χ0n) is 16.8. The molecule has 3 aromatic rings. The molecule has 0 aliphatic carbocycles. The quantitative estimate of drug-likeness (QED) is 0.735. The molecule has 1 atom stereocenters. The van der Waals surface area contributed by atoms with Gasteiger partial charge in [0, 0.05) is 24.7 Å². The third-order valence-corrected chi connectivity index (χ3v) is 5.79. The number of nitrogens with two attached hydrogens (primary N) is 1. The lowest BCUT2D eigenvalue weighted by Gasteiger charge is -2.42. The molecule has 2 N–H and O–H groups in total. The molecule has 1 fully saturated rings.